The minimum Gasteiger partial charge on any atom is -0.478 e. The molecule has 0 heterocycles. The number of hydrogen-bond acceptors (Lipinski definition) is 3. The minimum atomic E-state index is -1.18. The van der Waals surface area contributed by atoms with Crippen LogP contribution in [0.4, 0.5) is 0 Å². The third-order valence-electron chi connectivity index (χ3n) is 3.74. The zero-order chi connectivity index (χ0) is 18.3. The van der Waals surface area contributed by atoms with Crippen molar-refractivity contribution in [1.29, 1.82) is 0 Å². The topological polar surface area (TPSA) is 83.8 Å². The van der Waals surface area contributed by atoms with Gasteiger partial charge in [0.25, 0.3) is 0 Å². The lowest BCUT2D eigenvalue weighted by molar-refractivity contribution is 0.0672. The Balaban J connectivity index is 2.40. The molecular formula is C20H20O5. The smallest absolute Gasteiger partial charge is 0.339 e. The molecule has 0 aromatic heterocycles. The average molecular weight is 340 g/mol. The molecule has 0 saturated carbocycles. The summed E-state index contributed by atoms with van der Waals surface area (Å²) in [5.74, 6) is 3.83. The first-order chi connectivity index (χ1) is 12.0. The Morgan fingerprint density at radius 3 is 2.64 bits per heavy atom. The zero-order valence-electron chi connectivity index (χ0n) is 14.0. The summed E-state index contributed by atoms with van der Waals surface area (Å²) in [5, 5.41) is 18.5. The first kappa shape index (κ1) is 18.3. The summed E-state index contributed by atoms with van der Waals surface area (Å²) in [6.45, 7) is 2.08. The van der Waals surface area contributed by atoms with Gasteiger partial charge in [-0.05, 0) is 30.7 Å². The molecule has 25 heavy (non-hydrogen) atoms. The molecular weight excluding hydrogens is 320 g/mol. The van der Waals surface area contributed by atoms with Gasteiger partial charge in [0.05, 0.1) is 5.56 Å². The Labute approximate surface area is 146 Å². The van der Waals surface area contributed by atoms with Crippen molar-refractivity contribution in [3.8, 4) is 17.6 Å². The fourth-order valence-corrected chi connectivity index (χ4v) is 2.38. The van der Waals surface area contributed by atoms with Gasteiger partial charge in [-0.15, -0.1) is 0 Å². The number of hydrogen-bond donors (Lipinski definition) is 2. The third-order valence-corrected chi connectivity index (χ3v) is 3.74. The summed E-state index contributed by atoms with van der Waals surface area (Å²) in [7, 11) is 0. The molecule has 5 heteroatoms. The van der Waals surface area contributed by atoms with Gasteiger partial charge in [-0.1, -0.05) is 43.4 Å². The van der Waals surface area contributed by atoms with Gasteiger partial charge < -0.3 is 14.9 Å². The molecule has 5 nitrogen and oxygen atoms in total. The standard InChI is InChI=1S/C20H20O5/c1-2-3-4-6-11-20(12-7-5-8-13-20)25-17-14-15(18(21)22)9-10-16(17)19(23)24/h5,7-10,12,14H,2-4,13H2,1H3,(H,21,22)(H,23,24). The van der Waals surface area contributed by atoms with E-state index in [0.717, 1.165) is 19.3 Å². The van der Waals surface area contributed by atoms with Gasteiger partial charge >= 0.3 is 11.9 Å². The Bertz CT molecular complexity index is 779. The van der Waals surface area contributed by atoms with Gasteiger partial charge in [0, 0.05) is 12.8 Å². The molecule has 0 aliphatic heterocycles. The molecule has 0 saturated heterocycles. The van der Waals surface area contributed by atoms with Crippen LogP contribution in [0.3, 0.4) is 0 Å². The van der Waals surface area contributed by atoms with Gasteiger partial charge in [0.15, 0.2) is 5.60 Å². The SMILES string of the molecule is CCCCC#CC1(Oc2cc(C(=O)O)ccc2C(=O)O)C=CC=CC1. The molecule has 2 N–H and O–H groups in total. The normalized spacial score (nSPS) is 18.3. The fraction of sp³-hybridized carbons (Fsp3) is 0.300. The van der Waals surface area contributed by atoms with Crippen LogP contribution in [-0.2, 0) is 0 Å². The largest absolute Gasteiger partial charge is 0.478 e. The van der Waals surface area contributed by atoms with Crippen molar-refractivity contribution in [1.82, 2.24) is 0 Å². The van der Waals surface area contributed by atoms with E-state index in [2.05, 4.69) is 18.8 Å². The number of rotatable bonds is 6. The molecule has 0 amide bonds. The quantitative estimate of drug-likeness (QED) is 0.606. The van der Waals surface area contributed by atoms with E-state index in [1.807, 2.05) is 12.2 Å². The molecule has 1 aliphatic rings. The Morgan fingerprint density at radius 1 is 1.24 bits per heavy atom. The van der Waals surface area contributed by atoms with Crippen molar-refractivity contribution >= 4 is 11.9 Å². The van der Waals surface area contributed by atoms with E-state index in [9.17, 15) is 14.7 Å². The fourth-order valence-electron chi connectivity index (χ4n) is 2.38. The molecule has 1 atom stereocenters. The predicted octanol–water partition coefficient (Wildman–Crippen LogP) is 3.91. The van der Waals surface area contributed by atoms with Crippen LogP contribution < -0.4 is 4.74 Å². The van der Waals surface area contributed by atoms with Crippen molar-refractivity contribution in [3.05, 3.63) is 53.6 Å². The number of allylic oxidation sites excluding steroid dienone is 2. The highest BCUT2D eigenvalue weighted by molar-refractivity contribution is 5.94. The molecule has 0 spiro atoms. The van der Waals surface area contributed by atoms with Crippen LogP contribution in [0.25, 0.3) is 0 Å². The highest BCUT2D eigenvalue weighted by Gasteiger charge is 2.29. The second kappa shape index (κ2) is 8.20. The van der Waals surface area contributed by atoms with Crippen molar-refractivity contribution in [2.24, 2.45) is 0 Å². The van der Waals surface area contributed by atoms with Gasteiger partial charge in [0.2, 0.25) is 0 Å². The maximum atomic E-state index is 11.5. The van der Waals surface area contributed by atoms with Crippen molar-refractivity contribution in [3.63, 3.8) is 0 Å². The Hall–Kier alpha value is -3.00. The summed E-state index contributed by atoms with van der Waals surface area (Å²) in [6, 6.07) is 3.71. The van der Waals surface area contributed by atoms with E-state index in [0.29, 0.717) is 6.42 Å². The van der Waals surface area contributed by atoms with E-state index in [1.54, 1.807) is 12.2 Å². The van der Waals surface area contributed by atoms with Crippen molar-refractivity contribution in [2.45, 2.75) is 38.2 Å². The molecule has 0 bridgehead atoms. The van der Waals surface area contributed by atoms with Gasteiger partial charge in [-0.3, -0.25) is 0 Å². The van der Waals surface area contributed by atoms with Crippen LogP contribution in [0.1, 0.15) is 53.3 Å². The van der Waals surface area contributed by atoms with Crippen LogP contribution in [0, 0.1) is 11.8 Å². The minimum absolute atomic E-state index is 0.00265. The van der Waals surface area contributed by atoms with E-state index in [4.69, 9.17) is 9.84 Å². The second-order valence-electron chi connectivity index (χ2n) is 5.71. The maximum absolute atomic E-state index is 11.5. The summed E-state index contributed by atoms with van der Waals surface area (Å²) >= 11 is 0. The van der Waals surface area contributed by atoms with Crippen LogP contribution >= 0.6 is 0 Å². The first-order valence-corrected chi connectivity index (χ1v) is 8.11. The summed E-state index contributed by atoms with van der Waals surface area (Å²) in [6.07, 6.45) is 10.5. The zero-order valence-corrected chi connectivity index (χ0v) is 14.0. The molecule has 1 aromatic carbocycles. The number of aromatic carboxylic acids is 2. The summed E-state index contributed by atoms with van der Waals surface area (Å²) in [5.41, 5.74) is -1.13. The number of ether oxygens (including phenoxy) is 1. The molecule has 2 rings (SSSR count). The van der Waals surface area contributed by atoms with Crippen molar-refractivity contribution < 1.29 is 24.5 Å². The summed E-state index contributed by atoms with van der Waals surface area (Å²) in [4.78, 5) is 22.6. The molecule has 0 radical (unpaired) electrons. The van der Waals surface area contributed by atoms with E-state index < -0.39 is 17.5 Å². The number of carboxylic acid groups (broad SMARTS) is 2. The van der Waals surface area contributed by atoms with Crippen LogP contribution in [-0.4, -0.2) is 27.8 Å². The van der Waals surface area contributed by atoms with Crippen LogP contribution in [0.5, 0.6) is 5.75 Å². The molecule has 1 unspecified atom stereocenters. The van der Waals surface area contributed by atoms with Gasteiger partial charge in [0.1, 0.15) is 11.3 Å². The maximum Gasteiger partial charge on any atom is 0.339 e. The highest BCUT2D eigenvalue weighted by Crippen LogP contribution is 2.29. The second-order valence-corrected chi connectivity index (χ2v) is 5.71. The van der Waals surface area contributed by atoms with E-state index in [1.165, 1.54) is 18.2 Å². The number of carbonyl (C=O) groups is 2. The molecule has 130 valence electrons. The van der Waals surface area contributed by atoms with Crippen molar-refractivity contribution in [2.75, 3.05) is 0 Å². The first-order valence-electron chi connectivity index (χ1n) is 8.11. The van der Waals surface area contributed by atoms with Gasteiger partial charge in [-0.2, -0.15) is 0 Å². The lowest BCUT2D eigenvalue weighted by atomic mass is 9.95. The van der Waals surface area contributed by atoms with Crippen LogP contribution in [0.15, 0.2) is 42.5 Å². The van der Waals surface area contributed by atoms with E-state index >= 15 is 0 Å². The molecule has 1 aliphatic carbocycles. The molecule has 0 fully saturated rings. The highest BCUT2D eigenvalue weighted by atomic mass is 16.5. The van der Waals surface area contributed by atoms with E-state index in [-0.39, 0.29) is 16.9 Å². The summed E-state index contributed by atoms with van der Waals surface area (Å²) < 4.78 is 5.95. The number of carboxylic acids is 2. The van der Waals surface area contributed by atoms with Crippen LogP contribution in [0.2, 0.25) is 0 Å². The average Bonchev–Trinajstić information content (AvgIpc) is 2.59. The Morgan fingerprint density at radius 2 is 2.04 bits per heavy atom. The van der Waals surface area contributed by atoms with Gasteiger partial charge in [-0.25, -0.2) is 9.59 Å². The number of benzene rings is 1. The third kappa shape index (κ3) is 4.74. The monoisotopic (exact) mass is 340 g/mol. The lowest BCUT2D eigenvalue weighted by Gasteiger charge is -2.28. The number of unbranched alkanes of at least 4 members (excludes halogenated alkanes) is 2. The predicted molar refractivity (Wildman–Crippen MR) is 93.9 cm³/mol. The molecule has 1 aromatic rings. The Kier molecular flexibility index (Phi) is 6.02. The lowest BCUT2D eigenvalue weighted by Crippen LogP contribution is -2.33.